The molecular weight excluding hydrogens is 334 g/mol. The van der Waals surface area contributed by atoms with Crippen molar-refractivity contribution in [3.8, 4) is 0 Å². The van der Waals surface area contributed by atoms with Crippen LogP contribution in [0.15, 0.2) is 32.5 Å². The van der Waals surface area contributed by atoms with Crippen LogP contribution in [0.5, 0.6) is 0 Å². The molecule has 0 radical (unpaired) electrons. The minimum atomic E-state index is -3.72. The number of hydrogen-bond donors (Lipinski definition) is 1. The Bertz CT molecular complexity index is 705. The molecule has 0 atom stereocenters. The van der Waals surface area contributed by atoms with Gasteiger partial charge in [0.15, 0.2) is 0 Å². The summed E-state index contributed by atoms with van der Waals surface area (Å²) in [5, 5.41) is 4.07. The van der Waals surface area contributed by atoms with Gasteiger partial charge in [0, 0.05) is 6.54 Å². The van der Waals surface area contributed by atoms with Gasteiger partial charge in [-0.15, -0.1) is 0 Å². The molecule has 0 spiro atoms. The first-order valence-corrected chi connectivity index (χ1v) is 8.16. The van der Waals surface area contributed by atoms with Gasteiger partial charge in [-0.05, 0) is 41.3 Å². The van der Waals surface area contributed by atoms with E-state index in [4.69, 9.17) is 4.42 Å². The van der Waals surface area contributed by atoms with Crippen LogP contribution in [0.25, 0.3) is 0 Å². The van der Waals surface area contributed by atoms with Crippen LogP contribution in [0.4, 0.5) is 5.69 Å². The molecule has 2 aromatic rings. The highest BCUT2D eigenvalue weighted by molar-refractivity contribution is 9.10. The first-order chi connectivity index (χ1) is 9.08. The molecule has 0 saturated heterocycles. The largest absolute Gasteiger partial charge is 0.450 e. The zero-order valence-corrected chi connectivity index (χ0v) is 12.4. The number of furan rings is 1. The number of hydrogen-bond acceptors (Lipinski definition) is 4. The molecule has 0 aliphatic carbocycles. The second-order valence-corrected chi connectivity index (χ2v) is 6.78. The zero-order valence-electron chi connectivity index (χ0n) is 9.97. The quantitative estimate of drug-likeness (QED) is 0.926. The molecule has 3 heterocycles. The molecule has 0 bridgehead atoms. The fourth-order valence-corrected chi connectivity index (χ4v) is 4.07. The van der Waals surface area contributed by atoms with Crippen LogP contribution in [0.1, 0.15) is 18.5 Å². The van der Waals surface area contributed by atoms with Gasteiger partial charge >= 0.3 is 0 Å². The van der Waals surface area contributed by atoms with Gasteiger partial charge < -0.3 is 4.42 Å². The van der Waals surface area contributed by atoms with Crippen molar-refractivity contribution in [3.05, 3.63) is 28.7 Å². The molecule has 102 valence electrons. The number of aryl methyl sites for hydroxylation is 1. The number of aromatic nitrogens is 2. The molecule has 19 heavy (non-hydrogen) atoms. The Hall–Kier alpha value is -1.28. The van der Waals surface area contributed by atoms with Crippen molar-refractivity contribution in [3.63, 3.8) is 0 Å². The topological polar surface area (TPSA) is 77.1 Å². The third kappa shape index (κ3) is 2.30. The molecule has 0 amide bonds. The number of nitrogens with one attached hydrogen (secondary N) is 1. The average molecular weight is 346 g/mol. The molecule has 0 saturated carbocycles. The summed E-state index contributed by atoms with van der Waals surface area (Å²) in [6.45, 7) is 0.835. The molecule has 2 aromatic heterocycles. The van der Waals surface area contributed by atoms with Crippen LogP contribution in [0.2, 0.25) is 0 Å². The number of fused-ring (bicyclic) bond motifs is 1. The Balaban J connectivity index is 1.93. The minimum absolute atomic E-state index is 0.122. The van der Waals surface area contributed by atoms with Gasteiger partial charge in [-0.3, -0.25) is 9.40 Å². The lowest BCUT2D eigenvalue weighted by Gasteiger charge is -2.15. The fraction of sp³-hybridized carbons (Fsp3) is 0.364. The number of anilines is 1. The van der Waals surface area contributed by atoms with Crippen molar-refractivity contribution in [2.45, 2.75) is 30.9 Å². The van der Waals surface area contributed by atoms with E-state index < -0.39 is 10.0 Å². The summed E-state index contributed by atoms with van der Waals surface area (Å²) in [6.07, 6.45) is 5.83. The Kier molecular flexibility index (Phi) is 3.14. The van der Waals surface area contributed by atoms with Gasteiger partial charge in [0.25, 0.3) is 15.1 Å². The zero-order chi connectivity index (χ0) is 13.5. The van der Waals surface area contributed by atoms with E-state index in [0.717, 1.165) is 31.5 Å². The van der Waals surface area contributed by atoms with Crippen LogP contribution in [0.3, 0.4) is 0 Å². The first kappa shape index (κ1) is 12.7. The van der Waals surface area contributed by atoms with Gasteiger partial charge in [-0.25, -0.2) is 0 Å². The minimum Gasteiger partial charge on any atom is -0.450 e. The van der Waals surface area contributed by atoms with Crippen LogP contribution in [0, 0.1) is 0 Å². The Morgan fingerprint density at radius 3 is 3.00 bits per heavy atom. The standard InChI is InChI=1S/C11H12BrN3O3S/c12-8-4-6-18-11(8)19(16,17)14-9-7-13-15-5-2-1-3-10(9)15/h4,6-7,14H,1-3,5H2. The van der Waals surface area contributed by atoms with E-state index in [-0.39, 0.29) is 5.09 Å². The lowest BCUT2D eigenvalue weighted by Crippen LogP contribution is -2.16. The molecule has 0 fully saturated rings. The maximum absolute atomic E-state index is 12.2. The van der Waals surface area contributed by atoms with Crippen molar-refractivity contribution < 1.29 is 12.8 Å². The Labute approximate surface area is 119 Å². The third-order valence-corrected chi connectivity index (χ3v) is 5.23. The van der Waals surface area contributed by atoms with Crippen LogP contribution in [-0.2, 0) is 23.0 Å². The Morgan fingerprint density at radius 1 is 1.42 bits per heavy atom. The maximum atomic E-state index is 12.2. The summed E-state index contributed by atoms with van der Waals surface area (Å²) in [5.74, 6) is 0. The SMILES string of the molecule is O=S(=O)(Nc1cnn2c1CCCC2)c1occc1Br. The summed E-state index contributed by atoms with van der Waals surface area (Å²) in [6, 6.07) is 1.54. The van der Waals surface area contributed by atoms with Gasteiger partial charge in [0.1, 0.15) is 0 Å². The summed E-state index contributed by atoms with van der Waals surface area (Å²) in [7, 11) is -3.72. The second kappa shape index (κ2) is 4.68. The summed E-state index contributed by atoms with van der Waals surface area (Å²) >= 11 is 3.15. The Morgan fingerprint density at radius 2 is 2.26 bits per heavy atom. The lowest BCUT2D eigenvalue weighted by molar-refractivity contribution is 0.448. The lowest BCUT2D eigenvalue weighted by atomic mass is 10.1. The van der Waals surface area contributed by atoms with Crippen LogP contribution >= 0.6 is 15.9 Å². The predicted octanol–water partition coefficient (Wildman–Crippen LogP) is 2.38. The number of halogens is 1. The molecule has 0 aromatic carbocycles. The van der Waals surface area contributed by atoms with Crippen molar-refractivity contribution in [1.29, 1.82) is 0 Å². The molecule has 1 aliphatic rings. The molecule has 8 heteroatoms. The van der Waals surface area contributed by atoms with Crippen molar-refractivity contribution in [1.82, 2.24) is 9.78 Å². The maximum Gasteiger partial charge on any atom is 0.296 e. The van der Waals surface area contributed by atoms with Gasteiger partial charge in [-0.2, -0.15) is 13.5 Å². The van der Waals surface area contributed by atoms with Gasteiger partial charge in [-0.1, -0.05) is 0 Å². The number of sulfonamides is 1. The number of nitrogens with zero attached hydrogens (tertiary/aromatic N) is 2. The van der Waals surface area contributed by atoms with Crippen molar-refractivity contribution >= 4 is 31.6 Å². The van der Waals surface area contributed by atoms with Crippen molar-refractivity contribution in [2.75, 3.05) is 4.72 Å². The average Bonchev–Trinajstić information content (AvgIpc) is 2.97. The number of rotatable bonds is 3. The van der Waals surface area contributed by atoms with E-state index in [1.165, 1.54) is 6.26 Å². The predicted molar refractivity (Wildman–Crippen MR) is 72.4 cm³/mol. The highest BCUT2D eigenvalue weighted by Crippen LogP contribution is 2.28. The highest BCUT2D eigenvalue weighted by Gasteiger charge is 2.24. The molecule has 1 aliphatic heterocycles. The van der Waals surface area contributed by atoms with Gasteiger partial charge in [0.05, 0.1) is 28.3 Å². The highest BCUT2D eigenvalue weighted by atomic mass is 79.9. The summed E-state index contributed by atoms with van der Waals surface area (Å²) in [4.78, 5) is 0. The molecule has 3 rings (SSSR count). The molecule has 6 nitrogen and oxygen atoms in total. The van der Waals surface area contributed by atoms with E-state index in [1.54, 1.807) is 12.3 Å². The van der Waals surface area contributed by atoms with E-state index in [9.17, 15) is 8.42 Å². The van der Waals surface area contributed by atoms with E-state index >= 15 is 0 Å². The van der Waals surface area contributed by atoms with Crippen LogP contribution in [-0.4, -0.2) is 18.2 Å². The van der Waals surface area contributed by atoms with Crippen LogP contribution < -0.4 is 4.72 Å². The molecule has 0 unspecified atom stereocenters. The van der Waals surface area contributed by atoms with E-state index in [0.29, 0.717) is 10.2 Å². The monoisotopic (exact) mass is 345 g/mol. The second-order valence-electron chi connectivity index (χ2n) is 4.35. The van der Waals surface area contributed by atoms with Crippen molar-refractivity contribution in [2.24, 2.45) is 0 Å². The fourth-order valence-electron chi connectivity index (χ4n) is 2.17. The summed E-state index contributed by atoms with van der Waals surface area (Å²) in [5.41, 5.74) is 1.46. The third-order valence-electron chi connectivity index (χ3n) is 3.06. The van der Waals surface area contributed by atoms with Gasteiger partial charge in [0.2, 0.25) is 0 Å². The summed E-state index contributed by atoms with van der Waals surface area (Å²) < 4.78 is 34.2. The van der Waals surface area contributed by atoms with E-state index in [1.807, 2.05) is 4.68 Å². The smallest absolute Gasteiger partial charge is 0.296 e. The van der Waals surface area contributed by atoms with E-state index in [2.05, 4.69) is 25.8 Å². The normalized spacial score (nSPS) is 15.2. The first-order valence-electron chi connectivity index (χ1n) is 5.88. The molecule has 1 N–H and O–H groups in total. The molecular formula is C11H12BrN3O3S.